The topological polar surface area (TPSA) is 63.6 Å². The molecule has 25 heavy (non-hydrogen) atoms. The lowest BCUT2D eigenvalue weighted by atomic mass is 9.98. The molecule has 0 aromatic heterocycles. The van der Waals surface area contributed by atoms with Gasteiger partial charge in [0.25, 0.3) is 10.1 Å². The Hall–Kier alpha value is -1.59. The van der Waals surface area contributed by atoms with Gasteiger partial charge in [-0.15, -0.1) is 0 Å². The van der Waals surface area contributed by atoms with E-state index in [0.717, 1.165) is 48.6 Å². The summed E-state index contributed by atoms with van der Waals surface area (Å²) in [7, 11) is -4.17. The number of hydrogen-bond acceptors (Lipinski definition) is 3. The summed E-state index contributed by atoms with van der Waals surface area (Å²) in [6.45, 7) is 4.61. The van der Waals surface area contributed by atoms with Crippen molar-refractivity contribution in [3.8, 4) is 5.75 Å². The maximum absolute atomic E-state index is 12.0. The van der Waals surface area contributed by atoms with Crippen molar-refractivity contribution < 1.29 is 17.7 Å². The lowest BCUT2D eigenvalue weighted by Gasteiger charge is -2.18. The molecule has 0 radical (unpaired) electrons. The van der Waals surface area contributed by atoms with E-state index in [1.165, 1.54) is 0 Å². The van der Waals surface area contributed by atoms with Crippen LogP contribution >= 0.6 is 0 Å². The fourth-order valence-corrected chi connectivity index (χ4v) is 4.25. The molecule has 0 saturated heterocycles. The molecule has 138 valence electrons. The zero-order valence-electron chi connectivity index (χ0n) is 15.1. The van der Waals surface area contributed by atoms with E-state index in [2.05, 4.69) is 6.92 Å². The number of ether oxygens (including phenoxy) is 1. The Kier molecular flexibility index (Phi) is 7.26. The highest BCUT2D eigenvalue weighted by atomic mass is 32.2. The monoisotopic (exact) mass is 364 g/mol. The molecule has 5 heteroatoms. The quantitative estimate of drug-likeness (QED) is 0.445. The molecule has 0 fully saturated rings. The molecule has 0 saturated carbocycles. The van der Waals surface area contributed by atoms with Crippen molar-refractivity contribution in [2.45, 2.75) is 57.6 Å². The van der Waals surface area contributed by atoms with Gasteiger partial charge in [0.1, 0.15) is 11.0 Å². The van der Waals surface area contributed by atoms with Crippen LogP contribution in [0.3, 0.4) is 0 Å². The second kappa shape index (κ2) is 9.20. The minimum Gasteiger partial charge on any atom is -0.493 e. The van der Waals surface area contributed by atoms with Crippen LogP contribution in [0.1, 0.15) is 63.2 Å². The lowest BCUT2D eigenvalue weighted by molar-refractivity contribution is 0.344. The van der Waals surface area contributed by atoms with Gasteiger partial charge in [-0.25, -0.2) is 0 Å². The third kappa shape index (κ3) is 5.19. The van der Waals surface area contributed by atoms with Crippen LogP contribution in [-0.2, 0) is 10.1 Å². The summed E-state index contributed by atoms with van der Waals surface area (Å²) in [5.41, 5.74) is 0.650. The van der Waals surface area contributed by atoms with E-state index in [9.17, 15) is 13.0 Å². The molecule has 4 nitrogen and oxygen atoms in total. The molecule has 0 aliphatic heterocycles. The minimum absolute atomic E-state index is 0.431. The Morgan fingerprint density at radius 1 is 0.960 bits per heavy atom. The van der Waals surface area contributed by atoms with Gasteiger partial charge in [0.05, 0.1) is 6.61 Å². The molecular weight excluding hydrogens is 336 g/mol. The van der Waals surface area contributed by atoms with Gasteiger partial charge in [0, 0.05) is 5.39 Å². The second-order valence-corrected chi connectivity index (χ2v) is 7.94. The maximum Gasteiger partial charge on any atom is 0.272 e. The normalized spacial score (nSPS) is 13.1. The van der Waals surface area contributed by atoms with Gasteiger partial charge in [0.2, 0.25) is 0 Å². The van der Waals surface area contributed by atoms with E-state index < -0.39 is 15.4 Å². The Morgan fingerprint density at radius 3 is 2.28 bits per heavy atom. The number of fused-ring (bicyclic) bond motifs is 1. The predicted molar refractivity (Wildman–Crippen MR) is 103 cm³/mol. The highest BCUT2D eigenvalue weighted by Gasteiger charge is 2.26. The molecule has 0 amide bonds. The van der Waals surface area contributed by atoms with E-state index in [1.54, 1.807) is 12.1 Å². The summed E-state index contributed by atoms with van der Waals surface area (Å²) in [6, 6.07) is 11.2. The number of benzene rings is 2. The second-order valence-electron chi connectivity index (χ2n) is 6.34. The van der Waals surface area contributed by atoms with E-state index in [1.807, 2.05) is 31.2 Å². The first-order valence-electron chi connectivity index (χ1n) is 9.09. The zero-order valence-corrected chi connectivity index (χ0v) is 15.9. The molecule has 0 heterocycles. The number of hydrogen-bond donors (Lipinski definition) is 1. The van der Waals surface area contributed by atoms with Crippen LogP contribution in [0.4, 0.5) is 0 Å². The van der Waals surface area contributed by atoms with Gasteiger partial charge >= 0.3 is 0 Å². The van der Waals surface area contributed by atoms with Crippen LogP contribution in [0.2, 0.25) is 0 Å². The van der Waals surface area contributed by atoms with Gasteiger partial charge < -0.3 is 4.74 Å². The average molecular weight is 365 g/mol. The largest absolute Gasteiger partial charge is 0.493 e. The summed E-state index contributed by atoms with van der Waals surface area (Å²) in [4.78, 5) is 0. The third-order valence-corrected chi connectivity index (χ3v) is 5.70. The van der Waals surface area contributed by atoms with Gasteiger partial charge in [-0.3, -0.25) is 4.55 Å². The van der Waals surface area contributed by atoms with Crippen LogP contribution in [0.15, 0.2) is 36.4 Å². The van der Waals surface area contributed by atoms with E-state index in [-0.39, 0.29) is 0 Å². The Morgan fingerprint density at radius 2 is 1.64 bits per heavy atom. The van der Waals surface area contributed by atoms with E-state index >= 15 is 0 Å². The first kappa shape index (κ1) is 19.7. The van der Waals surface area contributed by atoms with Crippen molar-refractivity contribution in [1.82, 2.24) is 0 Å². The Balaban J connectivity index is 2.36. The summed E-state index contributed by atoms with van der Waals surface area (Å²) in [5, 5.41) is 0.806. The average Bonchev–Trinajstić information content (AvgIpc) is 2.58. The standard InChI is InChI=1S/C20H28O4S/c1-3-5-6-7-8-13-20(25(21,22)23)18-14-15-19(24-4-2)17-12-10-9-11-16(17)18/h9-12,14-15,20H,3-8,13H2,1-2H3,(H,21,22,23). The summed E-state index contributed by atoms with van der Waals surface area (Å²) >= 11 is 0. The van der Waals surface area contributed by atoms with Gasteiger partial charge in [-0.05, 0) is 30.4 Å². The van der Waals surface area contributed by atoms with E-state index in [4.69, 9.17) is 4.74 Å². The maximum atomic E-state index is 12.0. The first-order valence-corrected chi connectivity index (χ1v) is 10.6. The van der Waals surface area contributed by atoms with Gasteiger partial charge in [-0.1, -0.05) is 69.4 Å². The molecule has 0 aliphatic carbocycles. The SMILES string of the molecule is CCCCCCCC(c1ccc(OCC)c2ccccc12)S(=O)(=O)O. The van der Waals surface area contributed by atoms with Crippen LogP contribution in [0, 0.1) is 0 Å². The van der Waals surface area contributed by atoms with Crippen molar-refractivity contribution >= 4 is 20.9 Å². The summed E-state index contributed by atoms with van der Waals surface area (Å²) in [5.74, 6) is 0.735. The van der Waals surface area contributed by atoms with Crippen LogP contribution in [0.25, 0.3) is 10.8 Å². The molecule has 2 aromatic rings. The predicted octanol–water partition coefficient (Wildman–Crippen LogP) is 5.53. The van der Waals surface area contributed by atoms with Gasteiger partial charge in [-0.2, -0.15) is 8.42 Å². The van der Waals surface area contributed by atoms with Crippen molar-refractivity contribution in [3.63, 3.8) is 0 Å². The molecule has 2 rings (SSSR count). The molecule has 1 atom stereocenters. The van der Waals surface area contributed by atoms with Crippen LogP contribution in [-0.4, -0.2) is 19.6 Å². The molecule has 0 aliphatic rings. The van der Waals surface area contributed by atoms with Crippen molar-refractivity contribution in [3.05, 3.63) is 42.0 Å². The smallest absolute Gasteiger partial charge is 0.272 e. The number of unbranched alkanes of at least 4 members (excludes halogenated alkanes) is 4. The molecule has 1 unspecified atom stereocenters. The van der Waals surface area contributed by atoms with Gasteiger partial charge in [0.15, 0.2) is 0 Å². The molecule has 2 aromatic carbocycles. The lowest BCUT2D eigenvalue weighted by Crippen LogP contribution is -2.13. The third-order valence-electron chi connectivity index (χ3n) is 4.49. The highest BCUT2D eigenvalue weighted by molar-refractivity contribution is 7.86. The summed E-state index contributed by atoms with van der Waals surface area (Å²) in [6.07, 6.45) is 5.59. The minimum atomic E-state index is -4.17. The van der Waals surface area contributed by atoms with Crippen LogP contribution < -0.4 is 4.74 Å². The fraction of sp³-hybridized carbons (Fsp3) is 0.500. The van der Waals surface area contributed by atoms with Crippen molar-refractivity contribution in [2.24, 2.45) is 0 Å². The highest BCUT2D eigenvalue weighted by Crippen LogP contribution is 2.36. The molecule has 0 spiro atoms. The number of rotatable bonds is 10. The summed E-state index contributed by atoms with van der Waals surface area (Å²) < 4.78 is 39.5. The Bertz CT molecular complexity index is 783. The van der Waals surface area contributed by atoms with E-state index in [0.29, 0.717) is 18.6 Å². The van der Waals surface area contributed by atoms with Crippen molar-refractivity contribution in [2.75, 3.05) is 6.61 Å². The Labute approximate surface area is 151 Å². The zero-order chi connectivity index (χ0) is 18.3. The molecular formula is C20H28O4S. The van der Waals surface area contributed by atoms with Crippen molar-refractivity contribution in [1.29, 1.82) is 0 Å². The molecule has 1 N–H and O–H groups in total. The first-order chi connectivity index (χ1) is 12.0. The fourth-order valence-electron chi connectivity index (χ4n) is 3.26. The molecule has 0 bridgehead atoms. The van der Waals surface area contributed by atoms with Crippen LogP contribution in [0.5, 0.6) is 5.75 Å².